The van der Waals surface area contributed by atoms with Gasteiger partial charge in [-0.3, -0.25) is 0 Å². The number of hydrogen-bond acceptors (Lipinski definition) is 1. The van der Waals surface area contributed by atoms with E-state index in [2.05, 4.69) is 20.9 Å². The van der Waals surface area contributed by atoms with Crippen molar-refractivity contribution in [2.45, 2.75) is 6.43 Å². The first kappa shape index (κ1) is 9.80. The first-order valence-electron chi connectivity index (χ1n) is 2.82. The zero-order valence-electron chi connectivity index (χ0n) is 5.49. The van der Waals surface area contributed by atoms with Crippen LogP contribution in [0, 0.1) is 5.95 Å². The topological polar surface area (TPSA) is 12.9 Å². The van der Waals surface area contributed by atoms with Crippen molar-refractivity contribution in [3.8, 4) is 0 Å². The number of halogens is 5. The highest BCUT2D eigenvalue weighted by Gasteiger charge is 2.15. The number of pyridine rings is 1. The average Bonchev–Trinajstić information content (AvgIpc) is 1.96. The third kappa shape index (κ3) is 1.90. The summed E-state index contributed by atoms with van der Waals surface area (Å²) in [5.41, 5.74) is -0.415. The zero-order valence-corrected chi connectivity index (χ0v) is 7.83. The van der Waals surface area contributed by atoms with Gasteiger partial charge in [0, 0.05) is 0 Å². The first-order valence-corrected chi connectivity index (χ1v) is 3.99. The van der Waals surface area contributed by atoms with Crippen LogP contribution in [0.2, 0.25) is 5.02 Å². The normalized spacial score (nSPS) is 10.8. The molecular weight excluding hydrogens is 258 g/mol. The highest BCUT2D eigenvalue weighted by Crippen LogP contribution is 2.29. The van der Waals surface area contributed by atoms with E-state index >= 15 is 0 Å². The van der Waals surface area contributed by atoms with Crippen LogP contribution in [0.4, 0.5) is 13.2 Å². The molecule has 0 unspecified atom stereocenters. The van der Waals surface area contributed by atoms with Gasteiger partial charge in [-0.25, -0.2) is 13.8 Å². The van der Waals surface area contributed by atoms with Gasteiger partial charge in [-0.2, -0.15) is 4.39 Å². The summed E-state index contributed by atoms with van der Waals surface area (Å²) in [7, 11) is 0. The molecule has 1 nitrogen and oxygen atoms in total. The van der Waals surface area contributed by atoms with E-state index in [1.165, 1.54) is 0 Å². The highest BCUT2D eigenvalue weighted by atomic mass is 79.9. The Bertz CT molecular complexity index is 305. The molecule has 0 fully saturated rings. The number of nitrogens with zero attached hydrogens (tertiary/aromatic N) is 1. The molecule has 0 amide bonds. The predicted molar refractivity (Wildman–Crippen MR) is 41.9 cm³/mol. The maximum atomic E-state index is 12.5. The van der Waals surface area contributed by atoms with Crippen molar-refractivity contribution in [3.63, 3.8) is 0 Å². The fourth-order valence-corrected chi connectivity index (χ4v) is 1.22. The molecule has 12 heavy (non-hydrogen) atoms. The van der Waals surface area contributed by atoms with Crippen LogP contribution in [0.5, 0.6) is 0 Å². The molecule has 1 heterocycles. The van der Waals surface area contributed by atoms with Gasteiger partial charge in [0.15, 0.2) is 0 Å². The monoisotopic (exact) mass is 259 g/mol. The Morgan fingerprint density at radius 1 is 1.50 bits per heavy atom. The first-order chi connectivity index (χ1) is 5.52. The van der Waals surface area contributed by atoms with Gasteiger partial charge in [-0.1, -0.05) is 11.6 Å². The van der Waals surface area contributed by atoms with Crippen molar-refractivity contribution < 1.29 is 13.2 Å². The molecule has 0 aliphatic rings. The summed E-state index contributed by atoms with van der Waals surface area (Å²) in [5, 5.41) is -0.409. The van der Waals surface area contributed by atoms with Crippen molar-refractivity contribution in [1.82, 2.24) is 4.98 Å². The van der Waals surface area contributed by atoms with Crippen LogP contribution in [0.1, 0.15) is 12.0 Å². The van der Waals surface area contributed by atoms with Gasteiger partial charge in [-0.15, -0.1) is 0 Å². The van der Waals surface area contributed by atoms with Gasteiger partial charge in [0.05, 0.1) is 10.6 Å². The van der Waals surface area contributed by atoms with E-state index in [0.717, 1.165) is 6.07 Å². The minimum Gasteiger partial charge on any atom is -0.211 e. The van der Waals surface area contributed by atoms with Crippen molar-refractivity contribution >= 4 is 27.5 Å². The van der Waals surface area contributed by atoms with Gasteiger partial charge in [-0.05, 0) is 22.0 Å². The fraction of sp³-hybridized carbons (Fsp3) is 0.167. The van der Waals surface area contributed by atoms with E-state index in [0.29, 0.717) is 0 Å². The average molecular weight is 260 g/mol. The molecule has 0 bridgehead atoms. The summed E-state index contributed by atoms with van der Waals surface area (Å²) in [4.78, 5) is 3.13. The Kier molecular flexibility index (Phi) is 2.95. The van der Waals surface area contributed by atoms with E-state index in [-0.39, 0.29) is 4.60 Å². The molecule has 0 spiro atoms. The lowest BCUT2D eigenvalue weighted by atomic mass is 10.3. The standard InChI is InChI=1S/C6H2BrClF3N/c7-4-2(5(9)10)1-3(8)6(11)12-4/h1,5H. The minimum atomic E-state index is -2.72. The molecule has 0 aliphatic heterocycles. The van der Waals surface area contributed by atoms with Gasteiger partial charge >= 0.3 is 0 Å². The third-order valence-electron chi connectivity index (χ3n) is 1.15. The summed E-state index contributed by atoms with van der Waals surface area (Å²) in [6, 6.07) is 0.846. The molecule has 0 radical (unpaired) electrons. The molecule has 0 N–H and O–H groups in total. The van der Waals surface area contributed by atoms with Crippen LogP contribution in [-0.4, -0.2) is 4.98 Å². The van der Waals surface area contributed by atoms with Crippen molar-refractivity contribution in [2.24, 2.45) is 0 Å². The summed E-state index contributed by atoms with van der Waals surface area (Å²) in [6.07, 6.45) is -2.72. The lowest BCUT2D eigenvalue weighted by molar-refractivity contribution is 0.150. The van der Waals surface area contributed by atoms with Crippen molar-refractivity contribution in [3.05, 3.63) is 27.2 Å². The van der Waals surface area contributed by atoms with E-state index in [9.17, 15) is 13.2 Å². The summed E-state index contributed by atoms with van der Waals surface area (Å²) >= 11 is 7.93. The number of rotatable bonds is 1. The quantitative estimate of drug-likeness (QED) is 0.703. The second-order valence-corrected chi connectivity index (χ2v) is 3.10. The lowest BCUT2D eigenvalue weighted by Crippen LogP contribution is -1.93. The molecule has 0 saturated carbocycles. The maximum Gasteiger partial charge on any atom is 0.266 e. The van der Waals surface area contributed by atoms with Gasteiger partial charge in [0.25, 0.3) is 6.43 Å². The van der Waals surface area contributed by atoms with E-state index in [1.807, 2.05) is 0 Å². The summed E-state index contributed by atoms with van der Waals surface area (Å²) < 4.78 is 36.5. The van der Waals surface area contributed by atoms with E-state index in [1.54, 1.807) is 0 Å². The van der Waals surface area contributed by atoms with E-state index in [4.69, 9.17) is 11.6 Å². The van der Waals surface area contributed by atoms with Crippen LogP contribution < -0.4 is 0 Å². The second kappa shape index (κ2) is 3.62. The molecule has 0 saturated heterocycles. The molecule has 6 heteroatoms. The van der Waals surface area contributed by atoms with Crippen LogP contribution in [-0.2, 0) is 0 Å². The van der Waals surface area contributed by atoms with Crippen molar-refractivity contribution in [1.29, 1.82) is 0 Å². The zero-order chi connectivity index (χ0) is 9.30. The third-order valence-corrected chi connectivity index (χ3v) is 2.05. The molecule has 1 rings (SSSR count). The predicted octanol–water partition coefficient (Wildman–Crippen LogP) is 3.57. The molecular formula is C6H2BrClF3N. The van der Waals surface area contributed by atoms with Gasteiger partial charge in [0.2, 0.25) is 5.95 Å². The smallest absolute Gasteiger partial charge is 0.211 e. The number of alkyl halides is 2. The largest absolute Gasteiger partial charge is 0.266 e. The van der Waals surface area contributed by atoms with E-state index < -0.39 is 23.0 Å². The Balaban J connectivity index is 3.23. The maximum absolute atomic E-state index is 12.5. The minimum absolute atomic E-state index is 0.223. The molecule has 66 valence electrons. The van der Waals surface area contributed by atoms with Gasteiger partial charge in [0.1, 0.15) is 4.60 Å². The highest BCUT2D eigenvalue weighted by molar-refractivity contribution is 9.10. The van der Waals surface area contributed by atoms with Crippen LogP contribution >= 0.6 is 27.5 Å². The molecule has 1 aromatic heterocycles. The van der Waals surface area contributed by atoms with Crippen LogP contribution in [0.15, 0.2) is 10.7 Å². The Labute approximate surface area is 79.7 Å². The Hall–Kier alpha value is -0.290. The summed E-state index contributed by atoms with van der Waals surface area (Å²) in [6.45, 7) is 0. The van der Waals surface area contributed by atoms with Crippen LogP contribution in [0.3, 0.4) is 0 Å². The van der Waals surface area contributed by atoms with Crippen LogP contribution in [0.25, 0.3) is 0 Å². The molecule has 1 aromatic rings. The molecule has 0 aliphatic carbocycles. The lowest BCUT2D eigenvalue weighted by Gasteiger charge is -2.02. The Morgan fingerprint density at radius 3 is 2.58 bits per heavy atom. The summed E-state index contributed by atoms with van der Waals surface area (Å²) in [5.74, 6) is -0.965. The number of aromatic nitrogens is 1. The second-order valence-electron chi connectivity index (χ2n) is 1.94. The van der Waals surface area contributed by atoms with Crippen molar-refractivity contribution in [2.75, 3.05) is 0 Å². The van der Waals surface area contributed by atoms with Gasteiger partial charge < -0.3 is 0 Å². The fourth-order valence-electron chi connectivity index (χ4n) is 0.613. The number of hydrogen-bond donors (Lipinski definition) is 0. The molecule has 0 atom stereocenters. The Morgan fingerprint density at radius 2 is 2.08 bits per heavy atom. The molecule has 0 aromatic carbocycles. The SMILES string of the molecule is Fc1nc(Br)c(C(F)F)cc1Cl.